The van der Waals surface area contributed by atoms with Gasteiger partial charge in [-0.1, -0.05) is 38.8 Å². The Bertz CT molecular complexity index is 414. The van der Waals surface area contributed by atoms with E-state index in [4.69, 9.17) is 4.74 Å². The van der Waals surface area contributed by atoms with E-state index in [1.54, 1.807) is 0 Å². The van der Waals surface area contributed by atoms with E-state index >= 15 is 0 Å². The fraction of sp³-hybridized carbons (Fsp3) is 0.611. The third-order valence-corrected chi connectivity index (χ3v) is 4.44. The van der Waals surface area contributed by atoms with E-state index in [1.165, 1.54) is 24.8 Å². The number of carbonyl (C=O) groups excluding carboxylic acids is 1. The van der Waals surface area contributed by atoms with Gasteiger partial charge in [-0.05, 0) is 55.7 Å². The van der Waals surface area contributed by atoms with Crippen LogP contribution in [0.2, 0.25) is 0 Å². The van der Waals surface area contributed by atoms with Crippen molar-refractivity contribution in [2.75, 3.05) is 0 Å². The standard InChI is InChI=1S/C18H26O2/c1-3-5-15-8-12-17(13-9-15)20-18(19)16-10-6-14(4-2)7-11-16/h8-9,12-14,16H,3-7,10-11H2,1-2H3. The van der Waals surface area contributed by atoms with Crippen LogP contribution in [0.25, 0.3) is 0 Å². The van der Waals surface area contributed by atoms with Crippen LogP contribution >= 0.6 is 0 Å². The number of esters is 1. The minimum absolute atomic E-state index is 0.0391. The quantitative estimate of drug-likeness (QED) is 0.571. The molecule has 0 spiro atoms. The third kappa shape index (κ3) is 4.09. The molecule has 0 atom stereocenters. The molecule has 20 heavy (non-hydrogen) atoms. The minimum atomic E-state index is -0.0391. The van der Waals surface area contributed by atoms with Gasteiger partial charge in [-0.3, -0.25) is 4.79 Å². The Morgan fingerprint density at radius 1 is 1.10 bits per heavy atom. The highest BCUT2D eigenvalue weighted by atomic mass is 16.5. The number of rotatable bonds is 5. The molecule has 1 aliphatic rings. The maximum Gasteiger partial charge on any atom is 0.314 e. The Morgan fingerprint density at radius 2 is 1.75 bits per heavy atom. The van der Waals surface area contributed by atoms with Crippen molar-refractivity contribution in [3.05, 3.63) is 29.8 Å². The van der Waals surface area contributed by atoms with E-state index in [0.717, 1.165) is 31.6 Å². The molecule has 1 aliphatic carbocycles. The lowest BCUT2D eigenvalue weighted by Gasteiger charge is -2.26. The van der Waals surface area contributed by atoms with Crippen LogP contribution in [0.1, 0.15) is 57.9 Å². The van der Waals surface area contributed by atoms with Crippen LogP contribution in [0.15, 0.2) is 24.3 Å². The van der Waals surface area contributed by atoms with Gasteiger partial charge in [0.2, 0.25) is 0 Å². The van der Waals surface area contributed by atoms with Crippen molar-refractivity contribution in [1.82, 2.24) is 0 Å². The lowest BCUT2D eigenvalue weighted by atomic mass is 9.81. The normalized spacial score (nSPS) is 22.5. The molecule has 2 nitrogen and oxygen atoms in total. The monoisotopic (exact) mass is 274 g/mol. The highest BCUT2D eigenvalue weighted by molar-refractivity contribution is 5.75. The van der Waals surface area contributed by atoms with Crippen molar-refractivity contribution < 1.29 is 9.53 Å². The van der Waals surface area contributed by atoms with Gasteiger partial charge in [0.05, 0.1) is 5.92 Å². The van der Waals surface area contributed by atoms with Gasteiger partial charge in [0.1, 0.15) is 5.75 Å². The second-order valence-corrected chi connectivity index (χ2v) is 5.94. The molecule has 0 N–H and O–H groups in total. The first kappa shape index (κ1) is 15.1. The third-order valence-electron chi connectivity index (χ3n) is 4.44. The summed E-state index contributed by atoms with van der Waals surface area (Å²) in [6.07, 6.45) is 7.78. The van der Waals surface area contributed by atoms with E-state index in [2.05, 4.69) is 26.0 Å². The maximum atomic E-state index is 12.2. The first-order valence-corrected chi connectivity index (χ1v) is 8.03. The molecule has 2 heteroatoms. The molecule has 0 amide bonds. The summed E-state index contributed by atoms with van der Waals surface area (Å²) in [5, 5.41) is 0. The first-order chi connectivity index (χ1) is 9.72. The number of hydrogen-bond donors (Lipinski definition) is 0. The molecule has 110 valence electrons. The fourth-order valence-corrected chi connectivity index (χ4v) is 3.02. The molecule has 0 saturated heterocycles. The molecule has 0 aliphatic heterocycles. The van der Waals surface area contributed by atoms with Crippen molar-refractivity contribution in [1.29, 1.82) is 0 Å². The molecule has 0 radical (unpaired) electrons. The van der Waals surface area contributed by atoms with E-state index in [0.29, 0.717) is 5.75 Å². The largest absolute Gasteiger partial charge is 0.426 e. The molecule has 2 rings (SSSR count). The second kappa shape index (κ2) is 7.47. The lowest BCUT2D eigenvalue weighted by molar-refractivity contribution is -0.140. The van der Waals surface area contributed by atoms with Crippen LogP contribution in [0.5, 0.6) is 5.75 Å². The van der Waals surface area contributed by atoms with Gasteiger partial charge in [0.25, 0.3) is 0 Å². The average molecular weight is 274 g/mol. The smallest absolute Gasteiger partial charge is 0.314 e. The molecule has 0 aromatic heterocycles. The molecule has 0 unspecified atom stereocenters. The van der Waals surface area contributed by atoms with Crippen LogP contribution in [-0.2, 0) is 11.2 Å². The average Bonchev–Trinajstić information content (AvgIpc) is 2.49. The predicted molar refractivity (Wildman–Crippen MR) is 81.8 cm³/mol. The zero-order chi connectivity index (χ0) is 14.4. The predicted octanol–water partition coefficient (Wildman–Crippen LogP) is 4.76. The zero-order valence-corrected chi connectivity index (χ0v) is 12.7. The van der Waals surface area contributed by atoms with Gasteiger partial charge >= 0.3 is 5.97 Å². The van der Waals surface area contributed by atoms with Gasteiger partial charge in [-0.2, -0.15) is 0 Å². The van der Waals surface area contributed by atoms with Gasteiger partial charge in [-0.15, -0.1) is 0 Å². The molecular weight excluding hydrogens is 248 g/mol. The second-order valence-electron chi connectivity index (χ2n) is 5.94. The summed E-state index contributed by atoms with van der Waals surface area (Å²) in [5.74, 6) is 1.57. The summed E-state index contributed by atoms with van der Waals surface area (Å²) in [6, 6.07) is 7.95. The van der Waals surface area contributed by atoms with Crippen molar-refractivity contribution >= 4 is 5.97 Å². The summed E-state index contributed by atoms with van der Waals surface area (Å²) in [6.45, 7) is 4.40. The minimum Gasteiger partial charge on any atom is -0.426 e. The topological polar surface area (TPSA) is 26.3 Å². The number of carbonyl (C=O) groups is 1. The first-order valence-electron chi connectivity index (χ1n) is 8.03. The zero-order valence-electron chi connectivity index (χ0n) is 12.7. The Balaban J connectivity index is 1.85. The van der Waals surface area contributed by atoms with Crippen molar-refractivity contribution in [3.63, 3.8) is 0 Å². The maximum absolute atomic E-state index is 12.2. The van der Waals surface area contributed by atoms with E-state index in [-0.39, 0.29) is 11.9 Å². The van der Waals surface area contributed by atoms with Crippen LogP contribution in [0, 0.1) is 11.8 Å². The Morgan fingerprint density at radius 3 is 2.30 bits per heavy atom. The Labute approximate surface area is 122 Å². The highest BCUT2D eigenvalue weighted by Crippen LogP contribution is 2.31. The van der Waals surface area contributed by atoms with Crippen LogP contribution in [-0.4, -0.2) is 5.97 Å². The fourth-order valence-electron chi connectivity index (χ4n) is 3.02. The van der Waals surface area contributed by atoms with Gasteiger partial charge in [0.15, 0.2) is 0 Å². The van der Waals surface area contributed by atoms with Crippen LogP contribution in [0.3, 0.4) is 0 Å². The van der Waals surface area contributed by atoms with Crippen LogP contribution in [0.4, 0.5) is 0 Å². The molecule has 0 bridgehead atoms. The van der Waals surface area contributed by atoms with E-state index < -0.39 is 0 Å². The molecule has 1 aromatic carbocycles. The van der Waals surface area contributed by atoms with Crippen LogP contribution < -0.4 is 4.74 Å². The number of hydrogen-bond acceptors (Lipinski definition) is 2. The van der Waals surface area contributed by atoms with E-state index in [1.807, 2.05) is 12.1 Å². The lowest BCUT2D eigenvalue weighted by Crippen LogP contribution is -2.25. The van der Waals surface area contributed by atoms with Gasteiger partial charge < -0.3 is 4.74 Å². The van der Waals surface area contributed by atoms with Gasteiger partial charge in [-0.25, -0.2) is 0 Å². The SMILES string of the molecule is CCCc1ccc(OC(=O)C2CCC(CC)CC2)cc1. The molecule has 0 heterocycles. The Kier molecular flexibility index (Phi) is 5.63. The summed E-state index contributed by atoms with van der Waals surface area (Å²) >= 11 is 0. The number of benzene rings is 1. The number of aryl methyl sites for hydroxylation is 1. The Hall–Kier alpha value is -1.31. The van der Waals surface area contributed by atoms with Crippen molar-refractivity contribution in [2.45, 2.75) is 58.8 Å². The molecular formula is C18H26O2. The number of ether oxygens (including phenoxy) is 1. The summed E-state index contributed by atoms with van der Waals surface area (Å²) in [4.78, 5) is 12.2. The van der Waals surface area contributed by atoms with Crippen molar-refractivity contribution in [3.8, 4) is 5.75 Å². The molecule has 1 saturated carbocycles. The highest BCUT2D eigenvalue weighted by Gasteiger charge is 2.26. The molecule has 1 fully saturated rings. The molecule has 1 aromatic rings. The summed E-state index contributed by atoms with van der Waals surface area (Å²) < 4.78 is 5.52. The van der Waals surface area contributed by atoms with Gasteiger partial charge in [0, 0.05) is 0 Å². The summed E-state index contributed by atoms with van der Waals surface area (Å²) in [7, 11) is 0. The van der Waals surface area contributed by atoms with E-state index in [9.17, 15) is 4.79 Å². The van der Waals surface area contributed by atoms with Crippen molar-refractivity contribution in [2.24, 2.45) is 11.8 Å². The summed E-state index contributed by atoms with van der Waals surface area (Å²) in [5.41, 5.74) is 1.30.